The Morgan fingerprint density at radius 2 is 2.00 bits per heavy atom. The maximum Gasteiger partial charge on any atom is 0.190 e. The lowest BCUT2D eigenvalue weighted by Crippen LogP contribution is -2.29. The predicted octanol–water partition coefficient (Wildman–Crippen LogP) is 3.57. The largest absolute Gasteiger partial charge is 0.497 e. The number of ketones is 1. The van der Waals surface area contributed by atoms with Crippen molar-refractivity contribution >= 4 is 22.6 Å². The zero-order chi connectivity index (χ0) is 27.1. The first-order valence-electron chi connectivity index (χ1n) is 12.5. The van der Waals surface area contributed by atoms with E-state index >= 15 is 4.39 Å². The Bertz CT molecular complexity index is 1500. The molecule has 0 bridgehead atoms. The smallest absolute Gasteiger partial charge is 0.190 e. The first kappa shape index (κ1) is 26.9. The van der Waals surface area contributed by atoms with E-state index in [-0.39, 0.29) is 17.2 Å². The highest BCUT2D eigenvalue weighted by Crippen LogP contribution is 2.32. The normalized spacial score (nSPS) is 11.8. The highest BCUT2D eigenvalue weighted by atomic mass is 19.1. The standard InChI is InChI=1S/C27H32FN7O3/c1-5-19(36)7-6-10-29-11-12-35-25(32-22-13-20(37-3)14-24(38-4)26(22)28)9-8-21-27(35)33-23(16-30-21)18-15-31-34(2)17-18/h8-9,13-17,29H,5-7,10-12H2,1-4H3. The van der Waals surface area contributed by atoms with E-state index in [2.05, 4.69) is 20.4 Å². The summed E-state index contributed by atoms with van der Waals surface area (Å²) < 4.78 is 29.2. The lowest BCUT2D eigenvalue weighted by atomic mass is 10.2. The van der Waals surface area contributed by atoms with Gasteiger partial charge in [0.15, 0.2) is 17.2 Å². The second kappa shape index (κ2) is 12.4. The number of nitrogens with one attached hydrogen (secondary N) is 1. The molecule has 0 aliphatic rings. The van der Waals surface area contributed by atoms with Gasteiger partial charge in [-0.05, 0) is 25.1 Å². The van der Waals surface area contributed by atoms with E-state index in [0.29, 0.717) is 60.6 Å². The van der Waals surface area contributed by atoms with Gasteiger partial charge in [-0.1, -0.05) is 6.92 Å². The number of rotatable bonds is 12. The van der Waals surface area contributed by atoms with Gasteiger partial charge in [-0.2, -0.15) is 5.10 Å². The number of hydrogen-bond acceptors (Lipinski definition) is 8. The first-order chi connectivity index (χ1) is 18.4. The van der Waals surface area contributed by atoms with Crippen LogP contribution in [0.4, 0.5) is 10.1 Å². The summed E-state index contributed by atoms with van der Waals surface area (Å²) in [4.78, 5) is 25.7. The second-order valence-corrected chi connectivity index (χ2v) is 8.73. The van der Waals surface area contributed by atoms with Crippen molar-refractivity contribution in [1.82, 2.24) is 29.6 Å². The first-order valence-corrected chi connectivity index (χ1v) is 12.5. The molecule has 0 saturated heterocycles. The molecule has 0 saturated carbocycles. The molecular formula is C27H32FN7O3. The molecule has 10 nitrogen and oxygen atoms in total. The number of pyridine rings is 1. The minimum Gasteiger partial charge on any atom is -0.497 e. The molecule has 38 heavy (non-hydrogen) atoms. The molecule has 1 N–H and O–H groups in total. The minimum atomic E-state index is -0.589. The monoisotopic (exact) mass is 521 g/mol. The SMILES string of the molecule is CCC(=O)CCCNCCn1c(=Nc2cc(OC)cc(OC)c2F)ccc2ncc(-c3cnn(C)c3)nc21. The molecule has 0 unspecified atom stereocenters. The molecule has 0 spiro atoms. The third kappa shape index (κ3) is 6.23. The summed E-state index contributed by atoms with van der Waals surface area (Å²) in [7, 11) is 4.74. The average molecular weight is 522 g/mol. The maximum absolute atomic E-state index is 15.1. The molecular weight excluding hydrogens is 489 g/mol. The summed E-state index contributed by atoms with van der Waals surface area (Å²) in [6.45, 7) is 3.67. The molecule has 0 aliphatic carbocycles. The summed E-state index contributed by atoms with van der Waals surface area (Å²) >= 11 is 0. The fourth-order valence-corrected chi connectivity index (χ4v) is 4.00. The van der Waals surface area contributed by atoms with E-state index < -0.39 is 5.82 Å². The van der Waals surface area contributed by atoms with Crippen molar-refractivity contribution < 1.29 is 18.7 Å². The van der Waals surface area contributed by atoms with Crippen LogP contribution < -0.4 is 20.3 Å². The summed E-state index contributed by atoms with van der Waals surface area (Å²) in [5.41, 5.74) is 3.35. The molecule has 4 aromatic rings. The van der Waals surface area contributed by atoms with Crippen molar-refractivity contribution in [3.8, 4) is 22.8 Å². The van der Waals surface area contributed by atoms with E-state index in [1.807, 2.05) is 30.8 Å². The fraction of sp³-hybridized carbons (Fsp3) is 0.370. The van der Waals surface area contributed by atoms with Gasteiger partial charge in [0.05, 0.1) is 32.3 Å². The van der Waals surface area contributed by atoms with E-state index in [0.717, 1.165) is 12.0 Å². The van der Waals surface area contributed by atoms with Gasteiger partial charge in [-0.3, -0.25) is 14.5 Å². The lowest BCUT2D eigenvalue weighted by molar-refractivity contribution is -0.118. The Labute approximate surface area is 220 Å². The molecule has 11 heteroatoms. The lowest BCUT2D eigenvalue weighted by Gasteiger charge is -2.13. The number of carbonyl (C=O) groups excluding carboxylic acids is 1. The molecule has 0 fully saturated rings. The average Bonchev–Trinajstić information content (AvgIpc) is 3.38. The number of methoxy groups -OCH3 is 2. The molecule has 1 aromatic carbocycles. The second-order valence-electron chi connectivity index (χ2n) is 8.73. The highest BCUT2D eigenvalue weighted by molar-refractivity contribution is 5.78. The van der Waals surface area contributed by atoms with Gasteiger partial charge in [0, 0.05) is 56.9 Å². The van der Waals surface area contributed by atoms with Gasteiger partial charge in [-0.15, -0.1) is 0 Å². The van der Waals surface area contributed by atoms with Gasteiger partial charge in [0.2, 0.25) is 0 Å². The highest BCUT2D eigenvalue weighted by Gasteiger charge is 2.14. The van der Waals surface area contributed by atoms with Gasteiger partial charge in [0.25, 0.3) is 0 Å². The molecule has 0 radical (unpaired) electrons. The number of benzene rings is 1. The molecule has 0 atom stereocenters. The van der Waals surface area contributed by atoms with Crippen LogP contribution in [0.1, 0.15) is 26.2 Å². The number of nitrogens with zero attached hydrogens (tertiary/aromatic N) is 6. The van der Waals surface area contributed by atoms with Gasteiger partial charge >= 0.3 is 0 Å². The fourth-order valence-electron chi connectivity index (χ4n) is 4.00. The van der Waals surface area contributed by atoms with Crippen molar-refractivity contribution in [3.63, 3.8) is 0 Å². The molecule has 4 rings (SSSR count). The predicted molar refractivity (Wildman–Crippen MR) is 142 cm³/mol. The van der Waals surface area contributed by atoms with Crippen LogP contribution >= 0.6 is 0 Å². The Balaban J connectivity index is 1.76. The van der Waals surface area contributed by atoms with Gasteiger partial charge < -0.3 is 19.4 Å². The van der Waals surface area contributed by atoms with E-state index in [9.17, 15) is 4.79 Å². The summed E-state index contributed by atoms with van der Waals surface area (Å²) in [5, 5.41) is 7.61. The maximum atomic E-state index is 15.1. The number of aryl methyl sites for hydroxylation is 1. The van der Waals surface area contributed by atoms with Crippen LogP contribution in [0.25, 0.3) is 22.4 Å². The number of aromatic nitrogens is 5. The molecule has 0 amide bonds. The van der Waals surface area contributed by atoms with E-state index in [1.165, 1.54) is 26.4 Å². The van der Waals surface area contributed by atoms with Crippen molar-refractivity contribution in [2.45, 2.75) is 32.7 Å². The quantitative estimate of drug-likeness (QED) is 0.284. The van der Waals surface area contributed by atoms with Gasteiger partial charge in [-0.25, -0.2) is 14.4 Å². The van der Waals surface area contributed by atoms with Crippen LogP contribution in [0.3, 0.4) is 0 Å². The molecule has 0 aliphatic heterocycles. The Hall–Kier alpha value is -4.12. The summed E-state index contributed by atoms with van der Waals surface area (Å²) in [5.74, 6) is 0.132. The van der Waals surface area contributed by atoms with Gasteiger partial charge in [0.1, 0.15) is 28.2 Å². The van der Waals surface area contributed by atoms with Crippen molar-refractivity contribution in [2.24, 2.45) is 12.0 Å². The summed E-state index contributed by atoms with van der Waals surface area (Å²) in [6, 6.07) is 6.59. The van der Waals surface area contributed by atoms with Crippen LogP contribution in [0.15, 0.2) is 47.8 Å². The van der Waals surface area contributed by atoms with Crippen LogP contribution in [-0.2, 0) is 18.4 Å². The van der Waals surface area contributed by atoms with E-state index in [4.69, 9.17) is 14.5 Å². The number of halogens is 1. The topological polar surface area (TPSA) is 108 Å². The number of hydrogen-bond donors (Lipinski definition) is 1. The summed E-state index contributed by atoms with van der Waals surface area (Å²) in [6.07, 6.45) is 7.18. The van der Waals surface area contributed by atoms with E-state index in [1.54, 1.807) is 23.1 Å². The van der Waals surface area contributed by atoms with Crippen LogP contribution in [-0.4, -0.2) is 57.4 Å². The third-order valence-corrected chi connectivity index (χ3v) is 6.10. The Morgan fingerprint density at radius 1 is 1.16 bits per heavy atom. The van der Waals surface area contributed by atoms with Crippen LogP contribution in [0, 0.1) is 5.82 Å². The molecule has 3 aromatic heterocycles. The molecule has 3 heterocycles. The Morgan fingerprint density at radius 3 is 2.71 bits per heavy atom. The van der Waals surface area contributed by atoms with Crippen molar-refractivity contribution in [1.29, 1.82) is 0 Å². The minimum absolute atomic E-state index is 0.0392. The third-order valence-electron chi connectivity index (χ3n) is 6.10. The number of ether oxygens (including phenoxy) is 2. The number of fused-ring (bicyclic) bond motifs is 1. The molecule has 200 valence electrons. The zero-order valence-electron chi connectivity index (χ0n) is 22.1. The number of carbonyl (C=O) groups is 1. The van der Waals surface area contributed by atoms with Crippen LogP contribution in [0.2, 0.25) is 0 Å². The van der Waals surface area contributed by atoms with Crippen LogP contribution in [0.5, 0.6) is 11.5 Å². The zero-order valence-corrected chi connectivity index (χ0v) is 22.1. The van der Waals surface area contributed by atoms with Crippen molar-refractivity contribution in [2.75, 3.05) is 27.3 Å². The van der Waals surface area contributed by atoms with Crippen molar-refractivity contribution in [3.05, 3.63) is 54.2 Å². The Kier molecular flexibility index (Phi) is 8.80. The number of Topliss-reactive ketones (excluding diaryl/α,β-unsaturated/α-hetero) is 1.